The van der Waals surface area contributed by atoms with E-state index in [1.165, 1.54) is 11.4 Å². The van der Waals surface area contributed by atoms with E-state index in [-0.39, 0.29) is 23.4 Å². The Hall–Kier alpha value is -0.560. The highest BCUT2D eigenvalue weighted by Gasteiger charge is 2.29. The van der Waals surface area contributed by atoms with E-state index in [0.717, 1.165) is 0 Å². The standard InChI is InChI=1S/C13H22ClNO4S/c1-9(2)18-7-6-15(5)20(16,17)13-11(4)19-10(3)12(13)8-14/h9H,6-8H2,1-5H3. The van der Waals surface area contributed by atoms with E-state index in [9.17, 15) is 8.42 Å². The van der Waals surface area contributed by atoms with Crippen LogP contribution < -0.4 is 0 Å². The van der Waals surface area contributed by atoms with Crippen molar-refractivity contribution in [1.29, 1.82) is 0 Å². The number of alkyl halides is 1. The first-order chi connectivity index (χ1) is 9.21. The Kier molecular flexibility index (Phi) is 6.06. The summed E-state index contributed by atoms with van der Waals surface area (Å²) in [5.74, 6) is 1.02. The minimum Gasteiger partial charge on any atom is -0.465 e. The molecule has 0 saturated carbocycles. The molecule has 0 aromatic carbocycles. The normalized spacial score (nSPS) is 12.6. The van der Waals surface area contributed by atoms with Gasteiger partial charge < -0.3 is 9.15 Å². The van der Waals surface area contributed by atoms with Crippen LogP contribution in [0.15, 0.2) is 9.31 Å². The van der Waals surface area contributed by atoms with Crippen molar-refractivity contribution in [3.63, 3.8) is 0 Å². The molecule has 20 heavy (non-hydrogen) atoms. The van der Waals surface area contributed by atoms with Gasteiger partial charge in [0, 0.05) is 19.2 Å². The van der Waals surface area contributed by atoms with Crippen LogP contribution in [0.3, 0.4) is 0 Å². The lowest BCUT2D eigenvalue weighted by Crippen LogP contribution is -2.31. The second-order valence-electron chi connectivity index (χ2n) is 4.90. The van der Waals surface area contributed by atoms with Crippen LogP contribution in [0.25, 0.3) is 0 Å². The van der Waals surface area contributed by atoms with Crippen molar-refractivity contribution >= 4 is 21.6 Å². The maximum Gasteiger partial charge on any atom is 0.246 e. The first-order valence-electron chi connectivity index (χ1n) is 6.44. The molecule has 0 amide bonds. The fraction of sp³-hybridized carbons (Fsp3) is 0.692. The third-order valence-corrected chi connectivity index (χ3v) is 5.30. The Labute approximate surface area is 125 Å². The van der Waals surface area contributed by atoms with Gasteiger partial charge in [0.05, 0.1) is 18.6 Å². The minimum absolute atomic E-state index is 0.0717. The number of nitrogens with zero attached hydrogens (tertiary/aromatic N) is 1. The highest BCUT2D eigenvalue weighted by Crippen LogP contribution is 2.29. The number of halogens is 1. The lowest BCUT2D eigenvalue weighted by atomic mass is 10.3. The van der Waals surface area contributed by atoms with Crippen molar-refractivity contribution in [3.8, 4) is 0 Å². The average molecular weight is 324 g/mol. The summed E-state index contributed by atoms with van der Waals surface area (Å²) in [7, 11) is -2.09. The van der Waals surface area contributed by atoms with Crippen molar-refractivity contribution in [2.75, 3.05) is 20.2 Å². The van der Waals surface area contributed by atoms with Crippen LogP contribution >= 0.6 is 11.6 Å². The summed E-state index contributed by atoms with van der Waals surface area (Å²) in [6.45, 7) is 7.79. The molecule has 0 fully saturated rings. The van der Waals surface area contributed by atoms with Crippen LogP contribution in [0, 0.1) is 13.8 Å². The number of sulfonamides is 1. The summed E-state index contributed by atoms with van der Waals surface area (Å²) in [5, 5.41) is 0. The Balaban J connectivity index is 2.99. The lowest BCUT2D eigenvalue weighted by Gasteiger charge is -2.18. The number of aryl methyl sites for hydroxylation is 2. The number of likely N-dealkylation sites (N-methyl/N-ethyl adjacent to an activating group) is 1. The van der Waals surface area contributed by atoms with Crippen molar-refractivity contribution < 1.29 is 17.6 Å². The van der Waals surface area contributed by atoms with Crippen LogP contribution in [0.5, 0.6) is 0 Å². The summed E-state index contributed by atoms with van der Waals surface area (Å²) in [6, 6.07) is 0. The van der Waals surface area contributed by atoms with E-state index in [0.29, 0.717) is 23.7 Å². The topological polar surface area (TPSA) is 59.8 Å². The third-order valence-electron chi connectivity index (χ3n) is 2.98. The van der Waals surface area contributed by atoms with E-state index in [1.807, 2.05) is 13.8 Å². The Morgan fingerprint density at radius 2 is 1.90 bits per heavy atom. The molecule has 0 aliphatic rings. The number of hydrogen-bond acceptors (Lipinski definition) is 4. The Bertz CT molecular complexity index is 551. The smallest absolute Gasteiger partial charge is 0.246 e. The molecule has 0 aliphatic heterocycles. The molecule has 0 spiro atoms. The van der Waals surface area contributed by atoms with Crippen LogP contribution in [-0.2, 0) is 20.6 Å². The van der Waals surface area contributed by atoms with Gasteiger partial charge in [-0.1, -0.05) is 0 Å². The van der Waals surface area contributed by atoms with Crippen molar-refractivity contribution in [2.24, 2.45) is 0 Å². The molecule has 0 aliphatic carbocycles. The molecule has 0 N–H and O–H groups in total. The number of rotatable bonds is 7. The van der Waals surface area contributed by atoms with E-state index in [2.05, 4.69) is 0 Å². The first-order valence-corrected chi connectivity index (χ1v) is 8.42. The molecular weight excluding hydrogens is 302 g/mol. The zero-order chi connectivity index (χ0) is 15.5. The molecule has 5 nitrogen and oxygen atoms in total. The van der Waals surface area contributed by atoms with Gasteiger partial charge >= 0.3 is 0 Å². The molecule has 0 bridgehead atoms. The molecule has 1 aromatic rings. The number of furan rings is 1. The molecule has 1 rings (SSSR count). The molecule has 7 heteroatoms. The van der Waals surface area contributed by atoms with E-state index in [1.54, 1.807) is 13.8 Å². The van der Waals surface area contributed by atoms with Gasteiger partial charge in [0.1, 0.15) is 16.4 Å². The Morgan fingerprint density at radius 1 is 1.30 bits per heavy atom. The first kappa shape index (κ1) is 17.5. The minimum atomic E-state index is -3.61. The van der Waals surface area contributed by atoms with Gasteiger partial charge in [-0.25, -0.2) is 8.42 Å². The fourth-order valence-corrected chi connectivity index (χ4v) is 3.85. The van der Waals surface area contributed by atoms with Crippen LogP contribution in [0.2, 0.25) is 0 Å². The summed E-state index contributed by atoms with van der Waals surface area (Å²) in [6.07, 6.45) is 0.0717. The summed E-state index contributed by atoms with van der Waals surface area (Å²) in [5.41, 5.74) is 0.529. The predicted octanol–water partition coefficient (Wildman–Crippen LogP) is 2.68. The molecule has 0 saturated heterocycles. The summed E-state index contributed by atoms with van der Waals surface area (Å²) in [4.78, 5) is 0.178. The van der Waals surface area contributed by atoms with Crippen LogP contribution in [0.4, 0.5) is 0 Å². The third kappa shape index (κ3) is 3.75. The zero-order valence-corrected chi connectivity index (χ0v) is 14.1. The highest BCUT2D eigenvalue weighted by molar-refractivity contribution is 7.89. The highest BCUT2D eigenvalue weighted by atomic mass is 35.5. The predicted molar refractivity (Wildman–Crippen MR) is 78.6 cm³/mol. The quantitative estimate of drug-likeness (QED) is 0.724. The molecular formula is C13H22ClNO4S. The zero-order valence-electron chi connectivity index (χ0n) is 12.6. The van der Waals surface area contributed by atoms with Gasteiger partial charge in [-0.2, -0.15) is 4.31 Å². The molecule has 1 aromatic heterocycles. The summed E-state index contributed by atoms with van der Waals surface area (Å²) < 4.78 is 37.2. The average Bonchev–Trinajstić information content (AvgIpc) is 2.63. The maximum atomic E-state index is 12.6. The number of ether oxygens (including phenoxy) is 1. The van der Waals surface area contributed by atoms with Crippen molar-refractivity contribution in [2.45, 2.75) is 44.6 Å². The molecule has 0 unspecified atom stereocenters. The van der Waals surface area contributed by atoms with Gasteiger partial charge in [-0.3, -0.25) is 0 Å². The van der Waals surface area contributed by atoms with Crippen LogP contribution in [0.1, 0.15) is 30.9 Å². The van der Waals surface area contributed by atoms with E-state index >= 15 is 0 Å². The van der Waals surface area contributed by atoms with E-state index < -0.39 is 10.0 Å². The molecule has 1 heterocycles. The van der Waals surface area contributed by atoms with Gasteiger partial charge in [-0.05, 0) is 27.7 Å². The second kappa shape index (κ2) is 6.93. The van der Waals surface area contributed by atoms with E-state index in [4.69, 9.17) is 20.8 Å². The molecule has 116 valence electrons. The maximum absolute atomic E-state index is 12.6. The van der Waals surface area contributed by atoms with Crippen molar-refractivity contribution in [3.05, 3.63) is 17.1 Å². The Morgan fingerprint density at radius 3 is 2.40 bits per heavy atom. The second-order valence-corrected chi connectivity index (χ2v) is 7.15. The molecule has 0 radical (unpaired) electrons. The van der Waals surface area contributed by atoms with Gasteiger partial charge in [0.2, 0.25) is 10.0 Å². The fourth-order valence-electron chi connectivity index (χ4n) is 1.90. The molecule has 0 atom stereocenters. The van der Waals surface area contributed by atoms with Gasteiger partial charge in [0.15, 0.2) is 0 Å². The van der Waals surface area contributed by atoms with Gasteiger partial charge in [-0.15, -0.1) is 11.6 Å². The largest absolute Gasteiger partial charge is 0.465 e. The SMILES string of the molecule is Cc1oc(C)c(S(=O)(=O)N(C)CCOC(C)C)c1CCl. The summed E-state index contributed by atoms with van der Waals surface area (Å²) >= 11 is 5.84. The monoisotopic (exact) mass is 323 g/mol. The number of hydrogen-bond donors (Lipinski definition) is 0. The van der Waals surface area contributed by atoms with Crippen LogP contribution in [-0.4, -0.2) is 39.0 Å². The van der Waals surface area contributed by atoms with Gasteiger partial charge in [0.25, 0.3) is 0 Å². The lowest BCUT2D eigenvalue weighted by molar-refractivity contribution is 0.0737. The van der Waals surface area contributed by atoms with Crippen molar-refractivity contribution in [1.82, 2.24) is 4.31 Å².